The van der Waals surface area contributed by atoms with Gasteiger partial charge in [0.25, 0.3) is 0 Å². The normalized spacial score (nSPS) is 11.8. The maximum atomic E-state index is 14.2. The number of rotatable bonds is 7. The van der Waals surface area contributed by atoms with Gasteiger partial charge in [-0.2, -0.15) is 5.10 Å². The quantitative estimate of drug-likeness (QED) is 0.610. The number of carbonyl (C=O) groups is 1. The fraction of sp³-hybridized carbons (Fsp3) is 0.333. The third kappa shape index (κ3) is 4.55. The average molecular weight is 426 g/mol. The predicted octanol–water partition coefficient (Wildman–Crippen LogP) is 4.37. The molecule has 2 aromatic carbocycles. The summed E-state index contributed by atoms with van der Waals surface area (Å²) in [7, 11) is 3.17. The number of aromatic nitrogens is 2. The van der Waals surface area contributed by atoms with Crippen LogP contribution in [0.15, 0.2) is 36.4 Å². The van der Waals surface area contributed by atoms with Crippen molar-refractivity contribution in [2.75, 3.05) is 14.2 Å². The Labute approximate surface area is 182 Å². The summed E-state index contributed by atoms with van der Waals surface area (Å²) in [6, 6.07) is 10.0. The van der Waals surface area contributed by atoms with Crippen molar-refractivity contribution in [2.45, 2.75) is 40.2 Å². The van der Waals surface area contributed by atoms with Gasteiger partial charge in [0.15, 0.2) is 11.5 Å². The molecule has 0 saturated carbocycles. The lowest BCUT2D eigenvalue weighted by atomic mass is 10.0. The fourth-order valence-corrected chi connectivity index (χ4v) is 3.78. The minimum atomic E-state index is -0.360. The van der Waals surface area contributed by atoms with Crippen LogP contribution in [0.5, 0.6) is 11.5 Å². The molecule has 0 aliphatic rings. The molecule has 3 aromatic rings. The minimum Gasteiger partial charge on any atom is -0.493 e. The van der Waals surface area contributed by atoms with E-state index in [4.69, 9.17) is 9.47 Å². The molecule has 7 heteroatoms. The van der Waals surface area contributed by atoms with Crippen molar-refractivity contribution in [3.8, 4) is 17.2 Å². The molecule has 164 valence electrons. The Morgan fingerprint density at radius 1 is 1.13 bits per heavy atom. The van der Waals surface area contributed by atoms with Crippen molar-refractivity contribution in [1.29, 1.82) is 0 Å². The van der Waals surface area contributed by atoms with Gasteiger partial charge in [0.1, 0.15) is 11.5 Å². The molecule has 0 aliphatic heterocycles. The molecular formula is C24H28FN3O3. The van der Waals surface area contributed by atoms with Gasteiger partial charge in [-0.05, 0) is 63.1 Å². The Morgan fingerprint density at radius 3 is 2.42 bits per heavy atom. The number of methoxy groups -OCH3 is 2. The van der Waals surface area contributed by atoms with Crippen LogP contribution in [0, 0.1) is 26.6 Å². The predicted molar refractivity (Wildman–Crippen MR) is 118 cm³/mol. The van der Waals surface area contributed by atoms with Crippen LogP contribution >= 0.6 is 0 Å². The van der Waals surface area contributed by atoms with Gasteiger partial charge in [-0.3, -0.25) is 4.79 Å². The Morgan fingerprint density at radius 2 is 1.77 bits per heavy atom. The number of nitrogens with zero attached hydrogens (tertiary/aromatic N) is 2. The van der Waals surface area contributed by atoms with Gasteiger partial charge < -0.3 is 14.8 Å². The second-order valence-corrected chi connectivity index (χ2v) is 7.54. The first kappa shape index (κ1) is 22.3. The van der Waals surface area contributed by atoms with Crippen LogP contribution in [-0.4, -0.2) is 29.9 Å². The summed E-state index contributed by atoms with van der Waals surface area (Å²) in [5, 5.41) is 7.50. The summed E-state index contributed by atoms with van der Waals surface area (Å²) < 4.78 is 26.5. The van der Waals surface area contributed by atoms with Crippen LogP contribution < -0.4 is 14.8 Å². The highest BCUT2D eigenvalue weighted by Gasteiger charge is 2.20. The van der Waals surface area contributed by atoms with Crippen molar-refractivity contribution < 1.29 is 18.7 Å². The zero-order chi connectivity index (χ0) is 22.7. The summed E-state index contributed by atoms with van der Waals surface area (Å²) in [5.74, 6) is 0.763. The van der Waals surface area contributed by atoms with E-state index in [2.05, 4.69) is 10.4 Å². The maximum Gasteiger partial charge on any atom is 0.225 e. The Hall–Kier alpha value is -3.35. The summed E-state index contributed by atoms with van der Waals surface area (Å²) >= 11 is 0. The first-order valence-corrected chi connectivity index (χ1v) is 10.1. The lowest BCUT2D eigenvalue weighted by Gasteiger charge is -2.19. The number of benzene rings is 2. The third-order valence-electron chi connectivity index (χ3n) is 5.48. The van der Waals surface area contributed by atoms with E-state index in [-0.39, 0.29) is 24.2 Å². The first-order valence-electron chi connectivity index (χ1n) is 10.1. The zero-order valence-corrected chi connectivity index (χ0v) is 18.7. The number of ether oxygens (including phenoxy) is 2. The monoisotopic (exact) mass is 425 g/mol. The van der Waals surface area contributed by atoms with Crippen molar-refractivity contribution in [3.63, 3.8) is 0 Å². The largest absolute Gasteiger partial charge is 0.493 e. The van der Waals surface area contributed by atoms with Crippen LogP contribution in [0.3, 0.4) is 0 Å². The van der Waals surface area contributed by atoms with E-state index >= 15 is 0 Å². The molecule has 1 amide bonds. The highest BCUT2D eigenvalue weighted by Crippen LogP contribution is 2.33. The van der Waals surface area contributed by atoms with Crippen molar-refractivity contribution in [3.05, 3.63) is 70.3 Å². The molecule has 1 N–H and O–H groups in total. The topological polar surface area (TPSA) is 65.4 Å². The number of hydrogen-bond donors (Lipinski definition) is 1. The van der Waals surface area contributed by atoms with E-state index in [0.717, 1.165) is 22.4 Å². The summed E-state index contributed by atoms with van der Waals surface area (Å²) in [6.45, 7) is 7.56. The summed E-state index contributed by atoms with van der Waals surface area (Å²) in [4.78, 5) is 12.8. The fourth-order valence-electron chi connectivity index (χ4n) is 3.78. The smallest absolute Gasteiger partial charge is 0.225 e. The molecule has 0 bridgehead atoms. The number of halogens is 1. The van der Waals surface area contributed by atoms with Gasteiger partial charge in [0.05, 0.1) is 32.4 Å². The number of hydrogen-bond acceptors (Lipinski definition) is 4. The second kappa shape index (κ2) is 9.20. The molecule has 0 aliphatic carbocycles. The van der Waals surface area contributed by atoms with E-state index in [1.165, 1.54) is 6.07 Å². The van der Waals surface area contributed by atoms with E-state index in [9.17, 15) is 9.18 Å². The molecule has 0 fully saturated rings. The van der Waals surface area contributed by atoms with E-state index in [1.54, 1.807) is 37.1 Å². The highest BCUT2D eigenvalue weighted by molar-refractivity contribution is 5.79. The number of amides is 1. The van der Waals surface area contributed by atoms with Crippen molar-refractivity contribution in [2.24, 2.45) is 0 Å². The van der Waals surface area contributed by atoms with Crippen LogP contribution in [0.2, 0.25) is 0 Å². The van der Waals surface area contributed by atoms with Crippen LogP contribution in [0.1, 0.15) is 41.0 Å². The molecule has 0 radical (unpaired) electrons. The number of carbonyl (C=O) groups excluding carboxylic acids is 1. The maximum absolute atomic E-state index is 14.2. The second-order valence-electron chi connectivity index (χ2n) is 7.54. The zero-order valence-electron chi connectivity index (χ0n) is 18.7. The molecule has 31 heavy (non-hydrogen) atoms. The summed E-state index contributed by atoms with van der Waals surface area (Å²) in [6.07, 6.45) is 0.156. The molecule has 1 aromatic heterocycles. The molecule has 1 atom stereocenters. The molecule has 0 spiro atoms. The molecule has 6 nitrogen and oxygen atoms in total. The van der Waals surface area contributed by atoms with Crippen LogP contribution in [0.25, 0.3) is 5.69 Å². The van der Waals surface area contributed by atoms with E-state index in [0.29, 0.717) is 22.9 Å². The molecular weight excluding hydrogens is 397 g/mol. The van der Waals surface area contributed by atoms with Gasteiger partial charge >= 0.3 is 0 Å². The van der Waals surface area contributed by atoms with E-state index < -0.39 is 0 Å². The third-order valence-corrected chi connectivity index (χ3v) is 5.48. The lowest BCUT2D eigenvalue weighted by molar-refractivity contribution is -0.121. The van der Waals surface area contributed by atoms with Crippen molar-refractivity contribution in [1.82, 2.24) is 15.1 Å². The van der Waals surface area contributed by atoms with Gasteiger partial charge in [0.2, 0.25) is 5.91 Å². The Kier molecular flexibility index (Phi) is 6.63. The lowest BCUT2D eigenvalue weighted by Crippen LogP contribution is -2.29. The summed E-state index contributed by atoms with van der Waals surface area (Å²) in [5.41, 5.74) is 4.53. The van der Waals surface area contributed by atoms with E-state index in [1.807, 2.05) is 39.8 Å². The SMILES string of the molecule is COc1cc(C)c([C@H](C)NC(=O)Cc2c(C)nn(-c3ccccc3F)c2C)cc1OC. The average Bonchev–Trinajstić information content (AvgIpc) is 3.01. The number of nitrogens with one attached hydrogen (secondary N) is 1. The number of aryl methyl sites for hydroxylation is 2. The van der Waals surface area contributed by atoms with Crippen LogP contribution in [0.4, 0.5) is 4.39 Å². The molecule has 1 heterocycles. The van der Waals surface area contributed by atoms with Gasteiger partial charge in [-0.15, -0.1) is 0 Å². The molecule has 0 saturated heterocycles. The van der Waals surface area contributed by atoms with Gasteiger partial charge in [-0.1, -0.05) is 12.1 Å². The van der Waals surface area contributed by atoms with Gasteiger partial charge in [0, 0.05) is 11.3 Å². The molecule has 0 unspecified atom stereocenters. The standard InChI is InChI=1S/C24H28FN3O3/c1-14-11-22(30-5)23(31-6)12-18(14)15(2)26-24(29)13-19-16(3)27-28(17(19)4)21-10-8-7-9-20(21)25/h7-12,15H,13H2,1-6H3,(H,26,29)/t15-/m0/s1. The van der Waals surface area contributed by atoms with Crippen LogP contribution in [-0.2, 0) is 11.2 Å². The molecule has 3 rings (SSSR count). The van der Waals surface area contributed by atoms with Crippen molar-refractivity contribution >= 4 is 5.91 Å². The minimum absolute atomic E-state index is 0.138. The highest BCUT2D eigenvalue weighted by atomic mass is 19.1. The number of para-hydroxylation sites is 1. The first-order chi connectivity index (χ1) is 14.8. The Bertz CT molecular complexity index is 1110. The Balaban J connectivity index is 1.80. The van der Waals surface area contributed by atoms with Gasteiger partial charge in [-0.25, -0.2) is 9.07 Å².